The molecule has 0 spiro atoms. The van der Waals surface area contributed by atoms with Crippen LogP contribution in [0.25, 0.3) is 0 Å². The zero-order valence-corrected chi connectivity index (χ0v) is 18.6. The van der Waals surface area contributed by atoms with Crippen LogP contribution in [0.2, 0.25) is 0 Å². The summed E-state index contributed by atoms with van der Waals surface area (Å²) in [5.41, 5.74) is 0.955. The van der Waals surface area contributed by atoms with Gasteiger partial charge in [0.05, 0.1) is 18.7 Å². The van der Waals surface area contributed by atoms with E-state index >= 15 is 0 Å². The standard InChI is InChI=1S/C15H22N3O4PS3/c1-11(2)18(26-17(4)15(19)21-16-12(3)25-5)23(24)20-10-13-8-6-7-9-14(13)22-23/h6-9,11H,10H2,1-5H3. The van der Waals surface area contributed by atoms with Gasteiger partial charge in [-0.2, -0.15) is 0 Å². The number of fused-ring (bicyclic) bond motifs is 1. The van der Waals surface area contributed by atoms with Crippen molar-refractivity contribution in [3.05, 3.63) is 29.8 Å². The minimum atomic E-state index is -2.81. The van der Waals surface area contributed by atoms with Gasteiger partial charge in [0, 0.05) is 18.7 Å². The average Bonchev–Trinajstić information content (AvgIpc) is 2.62. The van der Waals surface area contributed by atoms with Gasteiger partial charge < -0.3 is 9.05 Å². The van der Waals surface area contributed by atoms with Gasteiger partial charge in [-0.1, -0.05) is 23.4 Å². The van der Waals surface area contributed by atoms with Crippen molar-refractivity contribution in [1.29, 1.82) is 0 Å². The maximum absolute atomic E-state index is 12.1. The number of amides is 1. The molecule has 11 heteroatoms. The maximum Gasteiger partial charge on any atom is 0.446 e. The number of carbonyl (C=O) groups is 1. The molecule has 1 aromatic rings. The predicted molar refractivity (Wildman–Crippen MR) is 112 cm³/mol. The molecule has 2 rings (SSSR count). The van der Waals surface area contributed by atoms with Crippen molar-refractivity contribution < 1.29 is 18.7 Å². The molecule has 144 valence electrons. The van der Waals surface area contributed by atoms with Crippen molar-refractivity contribution in [1.82, 2.24) is 8.38 Å². The largest absolute Gasteiger partial charge is 0.446 e. The lowest BCUT2D eigenvalue weighted by Gasteiger charge is -2.38. The highest BCUT2D eigenvalue weighted by molar-refractivity contribution is 8.15. The summed E-state index contributed by atoms with van der Waals surface area (Å²) in [6.45, 7) is 3.25. The van der Waals surface area contributed by atoms with E-state index in [4.69, 9.17) is 25.7 Å². The van der Waals surface area contributed by atoms with Crippen molar-refractivity contribution in [2.24, 2.45) is 5.16 Å². The number of hydrogen-bond donors (Lipinski definition) is 0. The molecule has 0 aliphatic carbocycles. The third-order valence-electron chi connectivity index (χ3n) is 3.26. The molecule has 0 radical (unpaired) electrons. The highest BCUT2D eigenvalue weighted by Crippen LogP contribution is 2.60. The van der Waals surface area contributed by atoms with Crippen molar-refractivity contribution in [2.45, 2.75) is 33.4 Å². The monoisotopic (exact) mass is 435 g/mol. The number of thioether (sulfide) groups is 1. The molecular formula is C15H22N3O4PS3. The zero-order valence-electron chi connectivity index (χ0n) is 15.2. The van der Waals surface area contributed by atoms with Gasteiger partial charge >= 0.3 is 12.7 Å². The Labute approximate surface area is 167 Å². The summed E-state index contributed by atoms with van der Waals surface area (Å²) in [5, 5.41) is 4.41. The van der Waals surface area contributed by atoms with Crippen LogP contribution in [-0.4, -0.2) is 38.9 Å². The van der Waals surface area contributed by atoms with Gasteiger partial charge in [-0.3, -0.25) is 4.84 Å². The fourth-order valence-corrected chi connectivity index (χ4v) is 6.24. The third-order valence-corrected chi connectivity index (χ3v) is 8.98. The van der Waals surface area contributed by atoms with E-state index < -0.39 is 12.7 Å². The first-order valence-electron chi connectivity index (χ1n) is 7.80. The van der Waals surface area contributed by atoms with Crippen LogP contribution in [0.4, 0.5) is 4.79 Å². The highest BCUT2D eigenvalue weighted by atomic mass is 32.5. The molecule has 1 heterocycles. The van der Waals surface area contributed by atoms with E-state index in [0.717, 1.165) is 23.4 Å². The second-order valence-corrected chi connectivity index (χ2v) is 11.2. The van der Waals surface area contributed by atoms with Crippen LogP contribution >= 0.6 is 30.5 Å². The Morgan fingerprint density at radius 2 is 2.12 bits per heavy atom. The quantitative estimate of drug-likeness (QED) is 0.162. The molecule has 1 aliphatic rings. The van der Waals surface area contributed by atoms with Gasteiger partial charge in [0.2, 0.25) is 0 Å². The number of para-hydroxylation sites is 1. The fraction of sp³-hybridized carbons (Fsp3) is 0.467. The maximum atomic E-state index is 12.1. The van der Waals surface area contributed by atoms with Gasteiger partial charge in [-0.05, 0) is 44.9 Å². The Morgan fingerprint density at radius 3 is 2.77 bits per heavy atom. The minimum Gasteiger partial charge on any atom is -0.432 e. The normalized spacial score (nSPS) is 19.9. The van der Waals surface area contributed by atoms with Crippen LogP contribution < -0.4 is 4.52 Å². The Hall–Kier alpha value is -0.770. The molecule has 7 nitrogen and oxygen atoms in total. The summed E-state index contributed by atoms with van der Waals surface area (Å²) in [6, 6.07) is 7.61. The van der Waals surface area contributed by atoms with E-state index in [2.05, 4.69) is 5.16 Å². The molecule has 1 atom stereocenters. The second-order valence-electron chi connectivity index (χ2n) is 5.59. The summed E-state index contributed by atoms with van der Waals surface area (Å²) >= 11 is 8.23. The number of benzene rings is 1. The fourth-order valence-electron chi connectivity index (χ4n) is 1.89. The SMILES string of the molecule is CSC(C)=NOC(=O)N(C)SN(C(C)C)P1(=S)OCc2ccccc2O1. The van der Waals surface area contributed by atoms with Crippen molar-refractivity contribution >= 4 is 53.5 Å². The van der Waals surface area contributed by atoms with E-state index in [0.29, 0.717) is 11.7 Å². The second kappa shape index (κ2) is 9.43. The summed E-state index contributed by atoms with van der Waals surface area (Å²) < 4.78 is 15.1. The molecule has 0 saturated carbocycles. The Balaban J connectivity index is 2.11. The summed E-state index contributed by atoms with van der Waals surface area (Å²) in [6.07, 6.45) is 1.25. The average molecular weight is 436 g/mol. The first-order chi connectivity index (χ1) is 12.3. The van der Waals surface area contributed by atoms with Gasteiger partial charge in [-0.25, -0.2) is 9.10 Å². The lowest BCUT2D eigenvalue weighted by atomic mass is 10.2. The Kier molecular flexibility index (Phi) is 7.81. The zero-order chi connectivity index (χ0) is 19.3. The third kappa shape index (κ3) is 5.37. The lowest BCUT2D eigenvalue weighted by Crippen LogP contribution is -2.32. The van der Waals surface area contributed by atoms with Crippen molar-refractivity contribution in [3.8, 4) is 5.75 Å². The van der Waals surface area contributed by atoms with Crippen molar-refractivity contribution in [3.63, 3.8) is 0 Å². The predicted octanol–water partition coefficient (Wildman–Crippen LogP) is 4.86. The van der Waals surface area contributed by atoms with Gasteiger partial charge in [0.1, 0.15) is 10.8 Å². The molecule has 1 aromatic carbocycles. The van der Waals surface area contributed by atoms with Crippen molar-refractivity contribution in [2.75, 3.05) is 13.3 Å². The number of oxime groups is 1. The van der Waals surface area contributed by atoms with Crippen LogP contribution in [-0.2, 0) is 27.8 Å². The molecule has 0 fully saturated rings. The molecule has 0 N–H and O–H groups in total. The first kappa shape index (κ1) is 21.5. The van der Waals surface area contributed by atoms with Crippen LogP contribution in [0.1, 0.15) is 26.3 Å². The lowest BCUT2D eigenvalue weighted by molar-refractivity contribution is 0.136. The van der Waals surface area contributed by atoms with E-state index in [9.17, 15) is 4.79 Å². The highest BCUT2D eigenvalue weighted by Gasteiger charge is 2.38. The molecule has 0 aromatic heterocycles. The van der Waals surface area contributed by atoms with E-state index in [1.165, 1.54) is 16.1 Å². The van der Waals surface area contributed by atoms with Gasteiger partial charge in [-0.15, -0.1) is 15.8 Å². The topological polar surface area (TPSA) is 63.6 Å². The first-order valence-corrected chi connectivity index (χ1v) is 12.3. The summed E-state index contributed by atoms with van der Waals surface area (Å²) in [4.78, 5) is 17.1. The van der Waals surface area contributed by atoms with Crippen LogP contribution in [0, 0.1) is 0 Å². The molecule has 26 heavy (non-hydrogen) atoms. The van der Waals surface area contributed by atoms with E-state index in [1.54, 1.807) is 18.0 Å². The summed E-state index contributed by atoms with van der Waals surface area (Å²) in [7, 11) is 1.59. The molecule has 1 unspecified atom stereocenters. The number of hydrogen-bond acceptors (Lipinski definition) is 8. The number of rotatable bonds is 5. The Morgan fingerprint density at radius 1 is 1.42 bits per heavy atom. The van der Waals surface area contributed by atoms with E-state index in [1.807, 2.05) is 44.4 Å². The molecular weight excluding hydrogens is 413 g/mol. The smallest absolute Gasteiger partial charge is 0.432 e. The van der Waals surface area contributed by atoms with Crippen LogP contribution in [0.5, 0.6) is 5.75 Å². The molecule has 1 amide bonds. The summed E-state index contributed by atoms with van der Waals surface area (Å²) in [5.74, 6) is 0.721. The van der Waals surface area contributed by atoms with Gasteiger partial charge in [0.25, 0.3) is 0 Å². The number of nitrogens with zero attached hydrogens (tertiary/aromatic N) is 3. The minimum absolute atomic E-state index is 0.0252. The Bertz CT molecular complexity index is 732. The van der Waals surface area contributed by atoms with Crippen LogP contribution in [0.15, 0.2) is 29.4 Å². The van der Waals surface area contributed by atoms with E-state index in [-0.39, 0.29) is 6.04 Å². The van der Waals surface area contributed by atoms with Crippen LogP contribution in [0.3, 0.4) is 0 Å². The van der Waals surface area contributed by atoms with Gasteiger partial charge in [0.15, 0.2) is 0 Å². The number of carbonyl (C=O) groups excluding carboxylic acids is 1. The molecule has 0 bridgehead atoms. The molecule has 0 saturated heterocycles. The molecule has 1 aliphatic heterocycles.